The Morgan fingerprint density at radius 3 is 1.97 bits per heavy atom. The van der Waals surface area contributed by atoms with Crippen LogP contribution in [0.15, 0.2) is 114 Å². The van der Waals surface area contributed by atoms with E-state index in [2.05, 4.69) is 99.5 Å². The van der Waals surface area contributed by atoms with Crippen LogP contribution in [0, 0.1) is 0 Å². The summed E-state index contributed by atoms with van der Waals surface area (Å²) in [6.07, 6.45) is 0.742. The lowest BCUT2D eigenvalue weighted by atomic mass is 9.91. The van der Waals surface area contributed by atoms with Crippen LogP contribution in [0.2, 0.25) is 0 Å². The number of nitrogens with one attached hydrogen (secondary N) is 2. The Kier molecular flexibility index (Phi) is 5.79. The Labute approximate surface area is 202 Å². The minimum atomic E-state index is -0.555. The Balaban J connectivity index is 1.52. The van der Waals surface area contributed by atoms with Crippen LogP contribution in [0.4, 0.5) is 5.69 Å². The summed E-state index contributed by atoms with van der Waals surface area (Å²) in [5, 5.41) is 6.19. The lowest BCUT2D eigenvalue weighted by Crippen LogP contribution is -2.50. The fourth-order valence-electron chi connectivity index (χ4n) is 4.08. The number of hydrogen-bond donors (Lipinski definition) is 2. The molecule has 1 heterocycles. The Bertz CT molecular complexity index is 1210. The summed E-state index contributed by atoms with van der Waals surface area (Å²) in [5.41, 5.74) is 8.86. The van der Waals surface area contributed by atoms with Crippen molar-refractivity contribution in [2.75, 3.05) is 5.01 Å². The smallest absolute Gasteiger partial charge is 0.190 e. The predicted molar refractivity (Wildman–Crippen MR) is 139 cm³/mol. The predicted octanol–water partition coefficient (Wildman–Crippen LogP) is 6.41. The highest BCUT2D eigenvalue weighted by Crippen LogP contribution is 2.32. The summed E-state index contributed by atoms with van der Waals surface area (Å²) in [7, 11) is 0. The van der Waals surface area contributed by atoms with Crippen molar-refractivity contribution in [2.24, 2.45) is 0 Å². The molecule has 0 saturated carbocycles. The van der Waals surface area contributed by atoms with E-state index >= 15 is 0 Å². The molecule has 32 heavy (non-hydrogen) atoms. The standard InChI is InChI=1S/C27H22BrN3S/c28-24-15-17-25(18-16-24)31-26(32)29-27(30-31,19-20-7-3-1-4-8-20)23-13-11-22(12-14-23)21-9-5-2-6-10-21/h1-18,30H,19H2,(H,29,32). The topological polar surface area (TPSA) is 27.3 Å². The first-order chi connectivity index (χ1) is 15.6. The minimum Gasteiger partial charge on any atom is -0.338 e. The molecule has 0 amide bonds. The number of nitrogens with zero attached hydrogens (tertiary/aromatic N) is 1. The number of rotatable bonds is 5. The van der Waals surface area contributed by atoms with Gasteiger partial charge in [0, 0.05) is 10.9 Å². The first-order valence-corrected chi connectivity index (χ1v) is 11.7. The highest BCUT2D eigenvalue weighted by molar-refractivity contribution is 9.10. The molecule has 5 rings (SSSR count). The number of hydrazine groups is 1. The molecule has 5 heteroatoms. The van der Waals surface area contributed by atoms with E-state index in [-0.39, 0.29) is 0 Å². The summed E-state index contributed by atoms with van der Waals surface area (Å²) in [6, 6.07) is 37.7. The molecule has 1 aliphatic heterocycles. The van der Waals surface area contributed by atoms with E-state index in [9.17, 15) is 0 Å². The van der Waals surface area contributed by atoms with Crippen LogP contribution in [-0.4, -0.2) is 5.11 Å². The quantitative estimate of drug-likeness (QED) is 0.310. The maximum atomic E-state index is 5.76. The normalized spacial score (nSPS) is 17.9. The maximum Gasteiger partial charge on any atom is 0.190 e. The van der Waals surface area contributed by atoms with Gasteiger partial charge in [-0.25, -0.2) is 5.01 Å². The second kappa shape index (κ2) is 8.87. The number of thiocarbonyl (C=S) groups is 1. The third-order valence-electron chi connectivity index (χ3n) is 5.71. The van der Waals surface area contributed by atoms with Crippen LogP contribution in [0.5, 0.6) is 0 Å². The Hall–Kier alpha value is -2.99. The van der Waals surface area contributed by atoms with Crippen molar-refractivity contribution in [1.29, 1.82) is 0 Å². The van der Waals surface area contributed by atoms with Crippen molar-refractivity contribution in [2.45, 2.75) is 12.1 Å². The van der Waals surface area contributed by atoms with Crippen LogP contribution in [-0.2, 0) is 12.1 Å². The molecule has 2 N–H and O–H groups in total. The van der Waals surface area contributed by atoms with Gasteiger partial charge in [-0.15, -0.1) is 0 Å². The van der Waals surface area contributed by atoms with Crippen LogP contribution in [0.1, 0.15) is 11.1 Å². The fraction of sp³-hybridized carbons (Fsp3) is 0.0741. The average molecular weight is 500 g/mol. The second-order valence-electron chi connectivity index (χ2n) is 7.86. The van der Waals surface area contributed by atoms with Gasteiger partial charge in [0.15, 0.2) is 5.11 Å². The Morgan fingerprint density at radius 1 is 0.719 bits per heavy atom. The van der Waals surface area contributed by atoms with E-state index in [0.717, 1.165) is 22.1 Å². The summed E-state index contributed by atoms with van der Waals surface area (Å²) in [5.74, 6) is 0. The van der Waals surface area contributed by atoms with Crippen LogP contribution in [0.3, 0.4) is 0 Å². The lowest BCUT2D eigenvalue weighted by molar-refractivity contribution is 0.347. The van der Waals surface area contributed by atoms with Crippen LogP contribution >= 0.6 is 28.1 Å². The van der Waals surface area contributed by atoms with Gasteiger partial charge in [0.2, 0.25) is 0 Å². The molecular weight excluding hydrogens is 478 g/mol. The molecule has 1 fully saturated rings. The van der Waals surface area contributed by atoms with Gasteiger partial charge < -0.3 is 5.32 Å². The maximum absolute atomic E-state index is 5.76. The number of hydrogen-bond acceptors (Lipinski definition) is 2. The molecule has 158 valence electrons. The molecule has 0 aromatic heterocycles. The second-order valence-corrected chi connectivity index (χ2v) is 9.17. The van der Waals surface area contributed by atoms with Crippen molar-refractivity contribution < 1.29 is 0 Å². The minimum absolute atomic E-state index is 0.555. The SMILES string of the molecule is S=C1NC(Cc2ccccc2)(c2ccc(-c3ccccc3)cc2)NN1c1ccc(Br)cc1. The molecular formula is C27H22BrN3S. The summed E-state index contributed by atoms with van der Waals surface area (Å²) in [4.78, 5) is 0. The van der Waals surface area contributed by atoms with Gasteiger partial charge in [0.25, 0.3) is 0 Å². The molecule has 0 radical (unpaired) electrons. The van der Waals surface area contributed by atoms with Gasteiger partial charge in [-0.2, -0.15) is 5.43 Å². The Morgan fingerprint density at radius 2 is 1.31 bits per heavy atom. The fourth-order valence-corrected chi connectivity index (χ4v) is 4.67. The van der Waals surface area contributed by atoms with E-state index in [1.807, 2.05) is 41.4 Å². The molecule has 4 aromatic rings. The van der Waals surface area contributed by atoms with Gasteiger partial charge in [-0.3, -0.25) is 0 Å². The van der Waals surface area contributed by atoms with Crippen molar-refractivity contribution in [1.82, 2.24) is 10.7 Å². The molecule has 1 unspecified atom stereocenters. The molecule has 0 aliphatic carbocycles. The molecule has 1 atom stereocenters. The van der Waals surface area contributed by atoms with E-state index in [4.69, 9.17) is 12.2 Å². The summed E-state index contributed by atoms with van der Waals surface area (Å²) in [6.45, 7) is 0. The van der Waals surface area contributed by atoms with Crippen molar-refractivity contribution in [3.63, 3.8) is 0 Å². The van der Waals surface area contributed by atoms with Crippen molar-refractivity contribution >= 4 is 38.9 Å². The molecule has 1 aliphatic rings. The number of anilines is 1. The van der Waals surface area contributed by atoms with E-state index < -0.39 is 5.66 Å². The van der Waals surface area contributed by atoms with Gasteiger partial charge in [-0.05, 0) is 58.7 Å². The summed E-state index contributed by atoms with van der Waals surface area (Å²) >= 11 is 9.27. The van der Waals surface area contributed by atoms with Gasteiger partial charge >= 0.3 is 0 Å². The van der Waals surface area contributed by atoms with Gasteiger partial charge in [0.05, 0.1) is 5.69 Å². The van der Waals surface area contributed by atoms with Crippen LogP contribution < -0.4 is 15.8 Å². The third kappa shape index (κ3) is 4.19. The van der Waals surface area contributed by atoms with Gasteiger partial charge in [-0.1, -0.05) is 101 Å². The van der Waals surface area contributed by atoms with Crippen molar-refractivity contribution in [3.05, 3.63) is 125 Å². The van der Waals surface area contributed by atoms with Gasteiger partial charge in [0.1, 0.15) is 5.66 Å². The first kappa shape index (κ1) is 20.9. The van der Waals surface area contributed by atoms with E-state index in [1.165, 1.54) is 16.7 Å². The zero-order chi connectivity index (χ0) is 22.0. The van der Waals surface area contributed by atoms with Crippen molar-refractivity contribution in [3.8, 4) is 11.1 Å². The zero-order valence-corrected chi connectivity index (χ0v) is 19.7. The summed E-state index contributed by atoms with van der Waals surface area (Å²) < 4.78 is 1.03. The third-order valence-corrected chi connectivity index (χ3v) is 6.52. The highest BCUT2D eigenvalue weighted by Gasteiger charge is 2.42. The monoisotopic (exact) mass is 499 g/mol. The highest BCUT2D eigenvalue weighted by atomic mass is 79.9. The zero-order valence-electron chi connectivity index (χ0n) is 17.3. The van der Waals surface area contributed by atoms with Crippen LogP contribution in [0.25, 0.3) is 11.1 Å². The lowest BCUT2D eigenvalue weighted by Gasteiger charge is -2.31. The molecule has 0 spiro atoms. The number of halogens is 1. The average Bonchev–Trinajstić information content (AvgIpc) is 3.18. The molecule has 1 saturated heterocycles. The molecule has 0 bridgehead atoms. The largest absolute Gasteiger partial charge is 0.338 e. The van der Waals surface area contributed by atoms with E-state index in [1.54, 1.807) is 0 Å². The molecule has 4 aromatic carbocycles. The first-order valence-electron chi connectivity index (χ1n) is 10.5. The molecule has 3 nitrogen and oxygen atoms in total. The number of benzene rings is 4. The van der Waals surface area contributed by atoms with E-state index in [0.29, 0.717) is 5.11 Å².